The Labute approximate surface area is 170 Å². The van der Waals surface area contributed by atoms with Crippen LogP contribution in [0.5, 0.6) is 0 Å². The van der Waals surface area contributed by atoms with Gasteiger partial charge in [-0.15, -0.1) is 0 Å². The zero-order valence-corrected chi connectivity index (χ0v) is 16.6. The number of aliphatic hydroxyl groups excluding tert-OH is 2. The minimum atomic E-state index is -4.97. The van der Waals surface area contributed by atoms with E-state index in [-0.39, 0.29) is 11.3 Å². The fraction of sp³-hybridized carbons (Fsp3) is 0.500. The van der Waals surface area contributed by atoms with Gasteiger partial charge in [0.1, 0.15) is 23.8 Å². The van der Waals surface area contributed by atoms with Crippen LogP contribution in [0.2, 0.25) is 0 Å². The number of aliphatic hydroxyl groups is 2. The lowest BCUT2D eigenvalue weighted by molar-refractivity contribution is -0.765. The van der Waals surface area contributed by atoms with Crippen molar-refractivity contribution in [2.45, 2.75) is 30.6 Å². The molecule has 1 fully saturated rings. The van der Waals surface area contributed by atoms with Gasteiger partial charge >= 0.3 is 5.97 Å². The minimum Gasteiger partial charge on any atom is -0.756 e. The van der Waals surface area contributed by atoms with Crippen LogP contribution in [0.4, 0.5) is 0 Å². The van der Waals surface area contributed by atoms with Gasteiger partial charge in [-0.2, -0.15) is 17.2 Å². The predicted octanol–water partition coefficient (Wildman–Crippen LogP) is -3.50. The number of aromatic nitrogens is 1. The fourth-order valence-electron chi connectivity index (χ4n) is 2.16. The lowest BCUT2D eigenvalue weighted by atomic mass is 10.1. The summed E-state index contributed by atoms with van der Waals surface area (Å²) in [5.41, 5.74) is 10.2. The molecule has 29 heavy (non-hydrogen) atoms. The third kappa shape index (κ3) is 7.97. The Morgan fingerprint density at radius 2 is 2.03 bits per heavy atom. The van der Waals surface area contributed by atoms with Crippen LogP contribution in [-0.2, 0) is 18.6 Å². The molecule has 1 amide bonds. The quantitative estimate of drug-likeness (QED) is 0.121. The molecule has 1 aromatic rings. The van der Waals surface area contributed by atoms with Crippen LogP contribution < -0.4 is 20.9 Å². The third-order valence-corrected chi connectivity index (χ3v) is 4.52. The monoisotopic (exact) mass is 455 g/mol. The number of primary amides is 1. The first-order valence-electron chi connectivity index (χ1n) is 7.97. The number of carboxylic acids is 1. The number of nitrogens with zero attached hydrogens (tertiary/aromatic N) is 1. The van der Waals surface area contributed by atoms with Crippen LogP contribution >= 0.6 is 20.5 Å². The summed E-state index contributed by atoms with van der Waals surface area (Å²) in [7, 11) is -4.97. The molecule has 2 heterocycles. The standard InChI is InChI=1S/C11H15N2O8P.C3H7NO2S/c12-10(16)6-2-1-3-13(4-6)11-9(15)8(14)7(21-11)5-20-22(17,18)19;4-2(1-7)3(5)6/h1-4,7-9,11,14-15H,5H2,(H3-,12,16,17,18,19);2,7H,1,4H2,(H,5,6)/t7-,8-,9-,11-;/m1./s1. The molecule has 0 spiro atoms. The van der Waals surface area contributed by atoms with Gasteiger partial charge in [-0.25, -0.2) is 0 Å². The number of phosphoric acid groups is 1. The smallest absolute Gasteiger partial charge is 0.321 e. The summed E-state index contributed by atoms with van der Waals surface area (Å²) in [5.74, 6) is -1.50. The highest BCUT2D eigenvalue weighted by molar-refractivity contribution is 7.80. The van der Waals surface area contributed by atoms with Crippen LogP contribution in [0.15, 0.2) is 24.5 Å². The summed E-state index contributed by atoms with van der Waals surface area (Å²) in [6, 6.07) is 2.13. The van der Waals surface area contributed by atoms with Gasteiger partial charge in [0, 0.05) is 11.8 Å². The highest BCUT2D eigenvalue weighted by Crippen LogP contribution is 2.33. The van der Waals surface area contributed by atoms with E-state index in [2.05, 4.69) is 17.2 Å². The van der Waals surface area contributed by atoms with E-state index in [4.69, 9.17) is 26.2 Å². The van der Waals surface area contributed by atoms with Gasteiger partial charge in [0.2, 0.25) is 0 Å². The Bertz CT molecular complexity index is 763. The van der Waals surface area contributed by atoms with Crippen molar-refractivity contribution < 1.29 is 53.1 Å². The Morgan fingerprint density at radius 1 is 1.41 bits per heavy atom. The third-order valence-electron chi connectivity index (χ3n) is 3.65. The van der Waals surface area contributed by atoms with Gasteiger partial charge in [-0.1, -0.05) is 0 Å². The number of phosphoric ester groups is 1. The second-order valence-electron chi connectivity index (χ2n) is 5.84. The van der Waals surface area contributed by atoms with Crippen molar-refractivity contribution in [1.82, 2.24) is 0 Å². The maximum Gasteiger partial charge on any atom is 0.321 e. The number of thiol groups is 1. The highest BCUT2D eigenvalue weighted by Gasteiger charge is 2.48. The number of amides is 1. The maximum absolute atomic E-state index is 11.1. The highest BCUT2D eigenvalue weighted by atomic mass is 32.1. The SMILES string of the molecule is NC(=O)c1ccc[n+]([C@@H]2O[C@H](COP(=O)([O-])O)[C@@H](O)[C@H]2O)c1.NC(CS)C(=O)O. The lowest BCUT2D eigenvalue weighted by Crippen LogP contribution is -2.46. The maximum atomic E-state index is 11.1. The van der Waals surface area contributed by atoms with Gasteiger partial charge in [0.25, 0.3) is 20.0 Å². The van der Waals surface area contributed by atoms with E-state index in [0.717, 1.165) is 0 Å². The first-order valence-corrected chi connectivity index (χ1v) is 10.1. The van der Waals surface area contributed by atoms with Gasteiger partial charge in [-0.05, 0) is 6.07 Å². The number of carbonyl (C=O) groups excluding carboxylic acids is 1. The molecule has 15 heteroatoms. The average molecular weight is 455 g/mol. The van der Waals surface area contributed by atoms with Crippen molar-refractivity contribution in [2.24, 2.45) is 11.5 Å². The van der Waals surface area contributed by atoms with Crippen molar-refractivity contribution >= 4 is 32.3 Å². The molecular weight excluding hydrogens is 433 g/mol. The van der Waals surface area contributed by atoms with E-state index >= 15 is 0 Å². The number of hydrogen-bond acceptors (Lipinski definition) is 10. The van der Waals surface area contributed by atoms with Crippen molar-refractivity contribution in [2.75, 3.05) is 12.4 Å². The van der Waals surface area contributed by atoms with E-state index < -0.39 is 56.9 Å². The zero-order valence-electron chi connectivity index (χ0n) is 14.8. The minimum absolute atomic E-state index is 0.159. The van der Waals surface area contributed by atoms with E-state index in [9.17, 15) is 29.3 Å². The summed E-state index contributed by atoms with van der Waals surface area (Å²) in [5, 5.41) is 27.8. The fourth-order valence-corrected chi connectivity index (χ4v) is 2.65. The number of pyridine rings is 1. The molecule has 1 aromatic heterocycles. The normalized spacial score (nSPS) is 26.7. The molecule has 8 N–H and O–H groups in total. The summed E-state index contributed by atoms with van der Waals surface area (Å²) in [6.07, 6.45) is -2.31. The van der Waals surface area contributed by atoms with E-state index in [1.54, 1.807) is 0 Å². The molecule has 0 radical (unpaired) electrons. The predicted molar refractivity (Wildman–Crippen MR) is 96.3 cm³/mol. The van der Waals surface area contributed by atoms with Gasteiger partial charge in [0.05, 0.1) is 6.61 Å². The summed E-state index contributed by atoms with van der Waals surface area (Å²) < 4.78 is 21.3. The molecule has 2 rings (SSSR count). The Balaban J connectivity index is 0.000000516. The Kier molecular flexibility index (Phi) is 9.61. The first-order chi connectivity index (χ1) is 13.4. The number of ether oxygens (including phenoxy) is 1. The summed E-state index contributed by atoms with van der Waals surface area (Å²) in [4.78, 5) is 40.0. The number of carboxylic acid groups (broad SMARTS) is 1. The van der Waals surface area contributed by atoms with Crippen molar-refractivity contribution in [3.05, 3.63) is 30.1 Å². The molecule has 164 valence electrons. The van der Waals surface area contributed by atoms with E-state index in [1.807, 2.05) is 0 Å². The van der Waals surface area contributed by atoms with Crippen LogP contribution in [0.3, 0.4) is 0 Å². The van der Waals surface area contributed by atoms with E-state index in [1.165, 1.54) is 29.1 Å². The topological polar surface area (TPSA) is 230 Å². The number of rotatable bonds is 7. The van der Waals surface area contributed by atoms with Crippen LogP contribution in [0, 0.1) is 0 Å². The van der Waals surface area contributed by atoms with E-state index in [0.29, 0.717) is 0 Å². The number of hydrogen-bond donors (Lipinski definition) is 7. The molecule has 13 nitrogen and oxygen atoms in total. The van der Waals surface area contributed by atoms with Crippen LogP contribution in [0.1, 0.15) is 16.6 Å². The molecule has 1 saturated heterocycles. The largest absolute Gasteiger partial charge is 0.756 e. The number of aliphatic carboxylic acids is 1. The lowest BCUT2D eigenvalue weighted by Gasteiger charge is -2.19. The zero-order chi connectivity index (χ0) is 22.4. The van der Waals surface area contributed by atoms with Crippen LogP contribution in [0.25, 0.3) is 0 Å². The second kappa shape index (κ2) is 11.0. The summed E-state index contributed by atoms with van der Waals surface area (Å²) in [6.45, 7) is -0.665. The molecule has 0 aliphatic carbocycles. The first kappa shape index (κ1) is 25.4. The van der Waals surface area contributed by atoms with Crippen molar-refractivity contribution in [3.63, 3.8) is 0 Å². The molecule has 2 unspecified atom stereocenters. The molecule has 0 aromatic carbocycles. The molecule has 1 aliphatic heterocycles. The average Bonchev–Trinajstić information content (AvgIpc) is 2.94. The molecule has 0 saturated carbocycles. The van der Waals surface area contributed by atoms with Crippen molar-refractivity contribution in [1.29, 1.82) is 0 Å². The Hall–Kier alpha value is -1.61. The molecular formula is C14H22N3O10PS. The Morgan fingerprint density at radius 3 is 2.48 bits per heavy atom. The molecule has 6 atom stereocenters. The summed E-state index contributed by atoms with van der Waals surface area (Å²) >= 11 is 3.65. The van der Waals surface area contributed by atoms with Gasteiger partial charge in [0.15, 0.2) is 18.5 Å². The second-order valence-corrected chi connectivity index (χ2v) is 7.40. The van der Waals surface area contributed by atoms with Gasteiger partial charge in [-0.3, -0.25) is 14.2 Å². The van der Waals surface area contributed by atoms with Gasteiger partial charge < -0.3 is 45.8 Å². The molecule has 1 aliphatic rings. The van der Waals surface area contributed by atoms with Crippen molar-refractivity contribution in [3.8, 4) is 0 Å². The van der Waals surface area contributed by atoms with Crippen LogP contribution in [-0.4, -0.2) is 68.8 Å². The number of carbonyl (C=O) groups is 2. The number of nitrogens with two attached hydrogens (primary N) is 2. The molecule has 0 bridgehead atoms.